The molecule has 3 heterocycles. The lowest BCUT2D eigenvalue weighted by Gasteiger charge is -2.45. The molecule has 7 aromatic rings. The molecule has 2 aliphatic rings. The summed E-state index contributed by atoms with van der Waals surface area (Å²) in [7, 11) is 2.11. The van der Waals surface area contributed by atoms with Crippen LogP contribution in [0.3, 0.4) is 0 Å². The lowest BCUT2D eigenvalue weighted by Crippen LogP contribution is -2.38. The van der Waals surface area contributed by atoms with E-state index in [-0.39, 0.29) is 21.7 Å². The van der Waals surface area contributed by atoms with Gasteiger partial charge in [-0.15, -0.1) is 0 Å². The standard InChI is InChI=1S/C51H55N5O/c1-47(2,3)31-24-36-37-25-32(48(4,5)6)27-41(50(10,11)12)45(37)51(44(36)40(26-31)49(7,8)9)38-21-20-35(57-34-17-14-16-33(28-34)56-52-22-23-53-56)29-43(38)55-30-54(13)42-19-15-18-39(51)46(42)55/h14-29H,1-13H3. The summed E-state index contributed by atoms with van der Waals surface area (Å²) >= 11 is 0. The molecule has 1 spiro atoms. The van der Waals surface area contributed by atoms with Crippen LogP contribution >= 0.6 is 0 Å². The molecule has 0 unspecified atom stereocenters. The van der Waals surface area contributed by atoms with Crippen LogP contribution in [0.1, 0.15) is 128 Å². The van der Waals surface area contributed by atoms with Crippen LogP contribution in [0.15, 0.2) is 97.3 Å². The van der Waals surface area contributed by atoms with Crippen molar-refractivity contribution in [2.75, 3.05) is 0 Å². The zero-order chi connectivity index (χ0) is 40.6. The smallest absolute Gasteiger partial charge is 0.244 e. The Kier molecular flexibility index (Phi) is 7.82. The molecule has 9 rings (SSSR count). The summed E-state index contributed by atoms with van der Waals surface area (Å²) in [5.74, 6) is 1.47. The molecule has 0 radical (unpaired) electrons. The Bertz CT molecular complexity index is 2670. The number of fused-ring (bicyclic) bond motifs is 9. The molecule has 0 saturated carbocycles. The molecule has 0 fully saturated rings. The third-order valence-electron chi connectivity index (χ3n) is 12.2. The van der Waals surface area contributed by atoms with E-state index in [4.69, 9.17) is 4.74 Å². The van der Waals surface area contributed by atoms with Crippen LogP contribution in [0.4, 0.5) is 0 Å². The third kappa shape index (κ3) is 5.54. The number of rotatable bonds is 3. The number of aryl methyl sites for hydroxylation is 1. The molecule has 0 bridgehead atoms. The average Bonchev–Trinajstić information content (AvgIpc) is 3.86. The number of imidazole rings is 1. The number of hydrogen-bond donors (Lipinski definition) is 0. The lowest BCUT2D eigenvalue weighted by atomic mass is 9.60. The van der Waals surface area contributed by atoms with Gasteiger partial charge in [0.15, 0.2) is 0 Å². The maximum atomic E-state index is 6.72. The van der Waals surface area contributed by atoms with Gasteiger partial charge in [0.2, 0.25) is 6.33 Å². The summed E-state index contributed by atoms with van der Waals surface area (Å²) in [6.45, 7) is 28.4. The van der Waals surface area contributed by atoms with Crippen molar-refractivity contribution in [3.05, 3.63) is 148 Å². The summed E-state index contributed by atoms with van der Waals surface area (Å²) < 4.78 is 11.1. The molecule has 5 aromatic carbocycles. The molecule has 0 atom stereocenters. The summed E-state index contributed by atoms with van der Waals surface area (Å²) in [5, 5.41) is 8.68. The van der Waals surface area contributed by atoms with Crippen LogP contribution in [0.2, 0.25) is 0 Å². The minimum absolute atomic E-state index is 0.0433. The van der Waals surface area contributed by atoms with Gasteiger partial charge in [0.1, 0.15) is 11.5 Å². The summed E-state index contributed by atoms with van der Waals surface area (Å²) in [6.07, 6.45) is 7.09. The number of aromatic nitrogens is 5. The molecule has 57 heavy (non-hydrogen) atoms. The normalized spacial score (nSPS) is 14.5. The van der Waals surface area contributed by atoms with Crippen LogP contribution in [-0.2, 0) is 34.1 Å². The van der Waals surface area contributed by atoms with Gasteiger partial charge in [0, 0.05) is 6.07 Å². The van der Waals surface area contributed by atoms with Crippen LogP contribution < -0.4 is 9.30 Å². The molecule has 0 amide bonds. The van der Waals surface area contributed by atoms with E-state index in [0.717, 1.165) is 22.6 Å². The Balaban J connectivity index is 1.44. The SMILES string of the molecule is C[n+]1[c-]n2c3c(cccc31)C1(c3ccc(Oc4cccc(-n5nccn5)c4)cc3-2)c2c(cc(C(C)(C)C)cc2C(C)(C)C)-c2cc(C(C)(C)C)cc(C(C)(C)C)c21. The summed E-state index contributed by atoms with van der Waals surface area (Å²) in [6, 6.07) is 31.7. The van der Waals surface area contributed by atoms with E-state index in [1.807, 2.05) is 24.3 Å². The average molecular weight is 754 g/mol. The van der Waals surface area contributed by atoms with Crippen LogP contribution in [0.5, 0.6) is 11.5 Å². The van der Waals surface area contributed by atoms with E-state index in [2.05, 4.69) is 176 Å². The van der Waals surface area contributed by atoms with Gasteiger partial charge in [0.25, 0.3) is 0 Å². The minimum atomic E-state index is -0.628. The van der Waals surface area contributed by atoms with Gasteiger partial charge in [-0.25, -0.2) is 0 Å². The predicted molar refractivity (Wildman–Crippen MR) is 230 cm³/mol. The Hall–Kier alpha value is -5.49. The molecular weight excluding hydrogens is 699 g/mol. The van der Waals surface area contributed by atoms with Crippen LogP contribution in [-0.4, -0.2) is 19.6 Å². The number of benzene rings is 5. The van der Waals surface area contributed by atoms with Gasteiger partial charge in [-0.3, -0.25) is 0 Å². The van der Waals surface area contributed by atoms with Crippen molar-refractivity contribution in [2.45, 2.75) is 110 Å². The predicted octanol–water partition coefficient (Wildman–Crippen LogP) is 11.5. The quantitative estimate of drug-likeness (QED) is 0.133. The second kappa shape index (κ2) is 12.0. The first-order valence-electron chi connectivity index (χ1n) is 20.3. The van der Waals surface area contributed by atoms with Gasteiger partial charge >= 0.3 is 0 Å². The van der Waals surface area contributed by atoms with Crippen LogP contribution in [0, 0.1) is 6.33 Å². The number of hydrogen-bond acceptors (Lipinski definition) is 3. The zero-order valence-corrected chi connectivity index (χ0v) is 35.9. The van der Waals surface area contributed by atoms with Gasteiger partial charge in [0.05, 0.1) is 47.3 Å². The Labute approximate surface area is 338 Å². The van der Waals surface area contributed by atoms with E-state index in [1.54, 1.807) is 17.2 Å². The highest BCUT2D eigenvalue weighted by molar-refractivity contribution is 5.97. The van der Waals surface area contributed by atoms with Crippen molar-refractivity contribution < 1.29 is 9.30 Å². The fourth-order valence-corrected chi connectivity index (χ4v) is 9.38. The Morgan fingerprint density at radius 2 is 1.16 bits per heavy atom. The van der Waals surface area contributed by atoms with Gasteiger partial charge in [-0.1, -0.05) is 138 Å². The molecule has 6 heteroatoms. The van der Waals surface area contributed by atoms with Crippen molar-refractivity contribution in [3.63, 3.8) is 0 Å². The second-order valence-electron chi connectivity index (χ2n) is 20.4. The Morgan fingerprint density at radius 1 is 0.596 bits per heavy atom. The molecule has 6 nitrogen and oxygen atoms in total. The number of nitrogens with zero attached hydrogens (tertiary/aromatic N) is 5. The second-order valence-corrected chi connectivity index (χ2v) is 20.4. The van der Waals surface area contributed by atoms with Gasteiger partial charge < -0.3 is 13.9 Å². The van der Waals surface area contributed by atoms with Gasteiger partial charge in [-0.05, 0) is 102 Å². The molecule has 290 valence electrons. The number of ether oxygens (including phenoxy) is 1. The molecule has 2 aromatic heterocycles. The van der Waals surface area contributed by atoms with Crippen molar-refractivity contribution >= 4 is 11.0 Å². The van der Waals surface area contributed by atoms with Gasteiger partial charge in [-0.2, -0.15) is 15.0 Å². The van der Waals surface area contributed by atoms with E-state index in [9.17, 15) is 0 Å². The fourth-order valence-electron chi connectivity index (χ4n) is 9.38. The van der Waals surface area contributed by atoms with Crippen molar-refractivity contribution in [1.29, 1.82) is 0 Å². The first-order valence-corrected chi connectivity index (χ1v) is 20.3. The third-order valence-corrected chi connectivity index (χ3v) is 12.2. The van der Waals surface area contributed by atoms with E-state index in [0.29, 0.717) is 5.75 Å². The van der Waals surface area contributed by atoms with E-state index < -0.39 is 5.41 Å². The summed E-state index contributed by atoms with van der Waals surface area (Å²) in [4.78, 5) is 1.61. The highest BCUT2D eigenvalue weighted by atomic mass is 16.5. The van der Waals surface area contributed by atoms with Crippen LogP contribution in [0.25, 0.3) is 33.5 Å². The molecule has 1 aliphatic carbocycles. The van der Waals surface area contributed by atoms with E-state index >= 15 is 0 Å². The van der Waals surface area contributed by atoms with Crippen molar-refractivity contribution in [3.8, 4) is 34.0 Å². The minimum Gasteiger partial charge on any atom is -0.458 e. The highest BCUT2D eigenvalue weighted by Crippen LogP contribution is 2.64. The molecule has 0 N–H and O–H groups in total. The molecule has 0 saturated heterocycles. The van der Waals surface area contributed by atoms with Crippen molar-refractivity contribution in [2.24, 2.45) is 7.05 Å². The number of para-hydroxylation sites is 1. The maximum absolute atomic E-state index is 6.72. The molecule has 1 aliphatic heterocycles. The topological polar surface area (TPSA) is 48.8 Å². The zero-order valence-electron chi connectivity index (χ0n) is 35.9. The first kappa shape index (κ1) is 37.1. The monoisotopic (exact) mass is 753 g/mol. The molecular formula is C51H55N5O. The maximum Gasteiger partial charge on any atom is 0.244 e. The summed E-state index contributed by atoms with van der Waals surface area (Å²) in [5.41, 5.74) is 16.7. The fraction of sp³-hybridized carbons (Fsp3) is 0.353. The Morgan fingerprint density at radius 3 is 1.72 bits per heavy atom. The lowest BCUT2D eigenvalue weighted by molar-refractivity contribution is -0.649. The highest BCUT2D eigenvalue weighted by Gasteiger charge is 2.54. The van der Waals surface area contributed by atoms with Crippen molar-refractivity contribution in [1.82, 2.24) is 19.6 Å². The van der Waals surface area contributed by atoms with E-state index in [1.165, 1.54) is 61.2 Å². The largest absolute Gasteiger partial charge is 0.458 e. The first-order chi connectivity index (χ1) is 26.7.